The zero-order chi connectivity index (χ0) is 19.2. The van der Waals surface area contributed by atoms with E-state index in [2.05, 4.69) is 10.3 Å². The topological polar surface area (TPSA) is 97.2 Å². The number of benzene rings is 1. The molecule has 7 heteroatoms. The van der Waals surface area contributed by atoms with Gasteiger partial charge in [-0.2, -0.15) is 0 Å². The molecule has 0 bridgehead atoms. The van der Waals surface area contributed by atoms with E-state index in [1.807, 2.05) is 12.1 Å². The fraction of sp³-hybridized carbons (Fsp3) is 0.500. The van der Waals surface area contributed by atoms with Crippen molar-refractivity contribution in [1.82, 2.24) is 10.3 Å². The number of H-pyrrole nitrogens is 1. The number of carbonyl (C=O) groups excluding carboxylic acids is 2. The molecule has 2 unspecified atom stereocenters. The van der Waals surface area contributed by atoms with Gasteiger partial charge in [0.05, 0.1) is 35.4 Å². The first-order valence-electron chi connectivity index (χ1n) is 9.39. The van der Waals surface area contributed by atoms with Crippen LogP contribution >= 0.6 is 11.6 Å². The summed E-state index contributed by atoms with van der Waals surface area (Å²) in [5.41, 5.74) is 6.55. The Morgan fingerprint density at radius 3 is 2.63 bits per heavy atom. The van der Waals surface area contributed by atoms with E-state index in [0.717, 1.165) is 31.1 Å². The number of hydrogen-bond acceptors (Lipinski definition) is 4. The fourth-order valence-corrected chi connectivity index (χ4v) is 5.09. The van der Waals surface area contributed by atoms with Gasteiger partial charge in [0.1, 0.15) is 5.75 Å². The number of ether oxygens (including phenoxy) is 1. The maximum atomic E-state index is 13.4. The number of halogens is 1. The van der Waals surface area contributed by atoms with E-state index in [0.29, 0.717) is 28.4 Å². The molecular formula is C20H24ClN3O3. The summed E-state index contributed by atoms with van der Waals surface area (Å²) in [7, 11) is 1.58. The van der Waals surface area contributed by atoms with Crippen LogP contribution in [-0.4, -0.2) is 35.9 Å². The van der Waals surface area contributed by atoms with Crippen molar-refractivity contribution in [2.45, 2.75) is 50.6 Å². The Labute approximate surface area is 162 Å². The SMILES string of the molecule is COc1cc(Cl)c2[nH]c(C(=O)C3NC(C(N)=O)CC34CCCCC4)cc2c1. The number of Topliss-reactive ketones (excluding diaryl/α,β-unsaturated/α-hetero) is 1. The molecule has 1 amide bonds. The number of aromatic amines is 1. The third kappa shape index (κ3) is 3.11. The minimum Gasteiger partial charge on any atom is -0.497 e. The highest BCUT2D eigenvalue weighted by Crippen LogP contribution is 2.47. The molecule has 1 aliphatic heterocycles. The summed E-state index contributed by atoms with van der Waals surface area (Å²) in [6.45, 7) is 0. The van der Waals surface area contributed by atoms with E-state index in [-0.39, 0.29) is 17.1 Å². The second-order valence-corrected chi connectivity index (χ2v) is 8.21. The highest BCUT2D eigenvalue weighted by Gasteiger charge is 2.52. The molecule has 2 heterocycles. The molecule has 144 valence electrons. The average Bonchev–Trinajstić information content (AvgIpc) is 3.24. The van der Waals surface area contributed by atoms with Crippen molar-refractivity contribution < 1.29 is 14.3 Å². The number of rotatable bonds is 4. The van der Waals surface area contributed by atoms with Crippen molar-refractivity contribution in [3.63, 3.8) is 0 Å². The summed E-state index contributed by atoms with van der Waals surface area (Å²) in [4.78, 5) is 28.4. The minimum absolute atomic E-state index is 0.0353. The minimum atomic E-state index is -0.454. The number of nitrogens with two attached hydrogens (primary N) is 1. The quantitative estimate of drug-likeness (QED) is 0.699. The lowest BCUT2D eigenvalue weighted by atomic mass is 9.67. The van der Waals surface area contributed by atoms with Crippen LogP contribution in [0.3, 0.4) is 0 Å². The molecule has 2 fully saturated rings. The van der Waals surface area contributed by atoms with E-state index in [4.69, 9.17) is 22.1 Å². The predicted molar refractivity (Wildman–Crippen MR) is 104 cm³/mol. The van der Waals surface area contributed by atoms with Crippen LogP contribution in [0.15, 0.2) is 18.2 Å². The van der Waals surface area contributed by atoms with Gasteiger partial charge < -0.3 is 15.5 Å². The van der Waals surface area contributed by atoms with Crippen molar-refractivity contribution >= 4 is 34.2 Å². The Hall–Kier alpha value is -2.05. The van der Waals surface area contributed by atoms with E-state index in [9.17, 15) is 9.59 Å². The second-order valence-electron chi connectivity index (χ2n) is 7.80. The number of hydrogen-bond donors (Lipinski definition) is 3. The molecule has 1 saturated carbocycles. The zero-order valence-corrected chi connectivity index (χ0v) is 16.1. The van der Waals surface area contributed by atoms with Crippen LogP contribution in [0, 0.1) is 5.41 Å². The number of primary amides is 1. The molecule has 4 rings (SSSR count). The summed E-state index contributed by atoms with van der Waals surface area (Å²) in [5, 5.41) is 4.56. The molecule has 6 nitrogen and oxygen atoms in total. The number of fused-ring (bicyclic) bond motifs is 1. The van der Waals surface area contributed by atoms with E-state index in [1.165, 1.54) is 6.42 Å². The summed E-state index contributed by atoms with van der Waals surface area (Å²) in [6, 6.07) is 4.50. The third-order valence-corrected chi connectivity index (χ3v) is 6.50. The molecule has 4 N–H and O–H groups in total. The highest BCUT2D eigenvalue weighted by atomic mass is 35.5. The standard InChI is InChI=1S/C20H24ClN3O3/c1-27-12-7-11-8-14(23-16(11)13(21)9-12)17(25)18-20(5-3-2-4-6-20)10-15(24-18)19(22)26/h7-9,15,18,23-24H,2-6,10H2,1H3,(H2,22,26). The van der Waals surface area contributed by atoms with Gasteiger partial charge in [0.2, 0.25) is 5.91 Å². The molecule has 1 saturated heterocycles. The molecule has 0 radical (unpaired) electrons. The summed E-state index contributed by atoms with van der Waals surface area (Å²) in [6.07, 6.45) is 5.84. The first-order chi connectivity index (χ1) is 12.9. The summed E-state index contributed by atoms with van der Waals surface area (Å²) >= 11 is 6.33. The average molecular weight is 390 g/mol. The smallest absolute Gasteiger partial charge is 0.234 e. The van der Waals surface area contributed by atoms with E-state index >= 15 is 0 Å². The van der Waals surface area contributed by atoms with Gasteiger partial charge >= 0.3 is 0 Å². The molecular weight excluding hydrogens is 366 g/mol. The number of aromatic nitrogens is 1. The Balaban J connectivity index is 1.71. The number of carbonyl (C=O) groups is 2. The fourth-order valence-electron chi connectivity index (χ4n) is 4.83. The maximum absolute atomic E-state index is 13.4. The number of methoxy groups -OCH3 is 1. The number of amides is 1. The van der Waals surface area contributed by atoms with Crippen LogP contribution in [-0.2, 0) is 4.79 Å². The van der Waals surface area contributed by atoms with Crippen molar-refractivity contribution in [3.05, 3.63) is 28.9 Å². The van der Waals surface area contributed by atoms with Gasteiger partial charge in [0, 0.05) is 11.5 Å². The van der Waals surface area contributed by atoms with E-state index in [1.54, 1.807) is 13.2 Å². The lowest BCUT2D eigenvalue weighted by Crippen LogP contribution is -2.47. The van der Waals surface area contributed by atoms with Crippen LogP contribution in [0.1, 0.15) is 49.0 Å². The summed E-state index contributed by atoms with van der Waals surface area (Å²) in [5.74, 6) is 0.216. The van der Waals surface area contributed by atoms with Gasteiger partial charge in [0.15, 0.2) is 5.78 Å². The Morgan fingerprint density at radius 2 is 1.96 bits per heavy atom. The first-order valence-corrected chi connectivity index (χ1v) is 9.77. The molecule has 2 aromatic rings. The third-order valence-electron chi connectivity index (χ3n) is 6.20. The molecule has 2 aliphatic rings. The molecule has 1 aliphatic carbocycles. The molecule has 1 aromatic heterocycles. The van der Waals surface area contributed by atoms with Gasteiger partial charge in [-0.1, -0.05) is 30.9 Å². The maximum Gasteiger partial charge on any atom is 0.234 e. The number of nitrogens with one attached hydrogen (secondary N) is 2. The van der Waals surface area contributed by atoms with E-state index < -0.39 is 12.1 Å². The molecule has 1 aromatic carbocycles. The highest BCUT2D eigenvalue weighted by molar-refractivity contribution is 6.35. The molecule has 27 heavy (non-hydrogen) atoms. The van der Waals surface area contributed by atoms with Crippen LogP contribution in [0.5, 0.6) is 5.75 Å². The zero-order valence-electron chi connectivity index (χ0n) is 15.3. The van der Waals surface area contributed by atoms with Crippen molar-refractivity contribution in [3.8, 4) is 5.75 Å². The van der Waals surface area contributed by atoms with Crippen LogP contribution in [0.25, 0.3) is 10.9 Å². The molecule has 1 spiro atoms. The van der Waals surface area contributed by atoms with Crippen LogP contribution in [0.2, 0.25) is 5.02 Å². The van der Waals surface area contributed by atoms with Crippen molar-refractivity contribution in [2.75, 3.05) is 7.11 Å². The monoisotopic (exact) mass is 389 g/mol. The normalized spacial score (nSPS) is 24.4. The Morgan fingerprint density at radius 1 is 1.22 bits per heavy atom. The van der Waals surface area contributed by atoms with Gasteiger partial charge in [-0.25, -0.2) is 0 Å². The molecule has 2 atom stereocenters. The van der Waals surface area contributed by atoms with Gasteiger partial charge in [-0.05, 0) is 36.8 Å². The predicted octanol–water partition coefficient (Wildman–Crippen LogP) is 3.18. The largest absolute Gasteiger partial charge is 0.497 e. The van der Waals surface area contributed by atoms with Crippen LogP contribution < -0.4 is 15.8 Å². The van der Waals surface area contributed by atoms with Crippen LogP contribution in [0.4, 0.5) is 0 Å². The lowest BCUT2D eigenvalue weighted by molar-refractivity contribution is -0.119. The second kappa shape index (κ2) is 6.84. The number of ketones is 1. The van der Waals surface area contributed by atoms with Gasteiger partial charge in [-0.3, -0.25) is 14.9 Å². The lowest BCUT2D eigenvalue weighted by Gasteiger charge is -2.37. The van der Waals surface area contributed by atoms with Crippen molar-refractivity contribution in [1.29, 1.82) is 0 Å². The Kier molecular flexibility index (Phi) is 4.64. The first kappa shape index (κ1) is 18.3. The van der Waals surface area contributed by atoms with Crippen molar-refractivity contribution in [2.24, 2.45) is 11.1 Å². The van der Waals surface area contributed by atoms with Gasteiger partial charge in [-0.15, -0.1) is 0 Å². The summed E-state index contributed by atoms with van der Waals surface area (Å²) < 4.78 is 5.26. The van der Waals surface area contributed by atoms with Gasteiger partial charge in [0.25, 0.3) is 0 Å². The Bertz CT molecular complexity index is 901.